The van der Waals surface area contributed by atoms with Gasteiger partial charge in [0, 0.05) is 19.5 Å². The van der Waals surface area contributed by atoms with Crippen LogP contribution in [0, 0.1) is 0 Å². The highest BCUT2D eigenvalue weighted by molar-refractivity contribution is 6.99. The number of β-amino-alcohol motifs (C(OH)–C–C–N with tert-alkyl or cyclic N) is 1. The van der Waals surface area contributed by atoms with Crippen LogP contribution < -0.4 is 5.32 Å². The first-order valence-electron chi connectivity index (χ1n) is 4.19. The third kappa shape index (κ3) is 2.33. The summed E-state index contributed by atoms with van der Waals surface area (Å²) in [5.41, 5.74) is 2.17. The molecule has 0 saturated carbocycles. The molecule has 2 N–H and O–H groups in total. The maximum absolute atomic E-state index is 9.34. The van der Waals surface area contributed by atoms with Gasteiger partial charge in [0.05, 0.1) is 29.7 Å². The van der Waals surface area contributed by atoms with Gasteiger partial charge in [-0.3, -0.25) is 0 Å². The van der Waals surface area contributed by atoms with Crippen LogP contribution in [0.15, 0.2) is 17.8 Å². The molecule has 2 rings (SSSR count). The Morgan fingerprint density at radius 1 is 1.69 bits per heavy atom. The maximum Gasteiger partial charge on any atom is 0.0848 e. The van der Waals surface area contributed by atoms with Crippen molar-refractivity contribution in [1.82, 2.24) is 14.1 Å². The van der Waals surface area contributed by atoms with Crippen LogP contribution in [0.3, 0.4) is 0 Å². The number of aliphatic hydroxyl groups excluding tert-OH is 1. The van der Waals surface area contributed by atoms with E-state index in [4.69, 9.17) is 0 Å². The molecule has 1 aromatic heterocycles. The van der Waals surface area contributed by atoms with Crippen LogP contribution in [-0.4, -0.2) is 33.0 Å². The molecule has 0 aromatic carbocycles. The van der Waals surface area contributed by atoms with Gasteiger partial charge >= 0.3 is 0 Å². The Kier molecular flexibility index (Phi) is 2.68. The lowest BCUT2D eigenvalue weighted by Gasteiger charge is -2.17. The number of rotatable bonds is 2. The van der Waals surface area contributed by atoms with E-state index in [0.29, 0.717) is 6.54 Å². The van der Waals surface area contributed by atoms with Crippen molar-refractivity contribution in [1.29, 1.82) is 0 Å². The predicted molar refractivity (Wildman–Crippen MR) is 50.6 cm³/mol. The summed E-state index contributed by atoms with van der Waals surface area (Å²) in [5, 5.41) is 12.5. The molecule has 0 radical (unpaired) electrons. The molecule has 0 spiro atoms. The van der Waals surface area contributed by atoms with E-state index in [0.717, 1.165) is 18.7 Å². The fourth-order valence-electron chi connectivity index (χ4n) is 1.39. The van der Waals surface area contributed by atoms with E-state index in [1.165, 1.54) is 17.3 Å². The SMILES string of the molecule is OC1C=C(Cc2cnsn2)CNC1. The number of nitrogens with one attached hydrogen (secondary N) is 1. The number of hydrogen-bond acceptors (Lipinski definition) is 5. The van der Waals surface area contributed by atoms with Crippen molar-refractivity contribution in [3.8, 4) is 0 Å². The Balaban J connectivity index is 2.02. The lowest BCUT2D eigenvalue weighted by atomic mass is 10.1. The first kappa shape index (κ1) is 8.80. The average Bonchev–Trinajstić information content (AvgIpc) is 2.57. The standard InChI is InChI=1S/C8H11N3OS/c12-8-2-6(3-9-5-8)1-7-4-10-13-11-7/h2,4,8-9,12H,1,3,5H2. The molecular formula is C8H11N3OS. The quantitative estimate of drug-likeness (QED) is 0.654. The highest BCUT2D eigenvalue weighted by Gasteiger charge is 2.10. The summed E-state index contributed by atoms with van der Waals surface area (Å²) in [7, 11) is 0. The molecule has 0 aliphatic carbocycles. The van der Waals surface area contributed by atoms with E-state index < -0.39 is 0 Å². The molecule has 1 aliphatic heterocycles. The van der Waals surface area contributed by atoms with E-state index in [2.05, 4.69) is 14.1 Å². The van der Waals surface area contributed by atoms with E-state index in [9.17, 15) is 5.11 Å². The monoisotopic (exact) mass is 197 g/mol. The molecule has 2 heterocycles. The van der Waals surface area contributed by atoms with Crippen LogP contribution in [0.2, 0.25) is 0 Å². The van der Waals surface area contributed by atoms with Crippen molar-refractivity contribution in [2.45, 2.75) is 12.5 Å². The Morgan fingerprint density at radius 2 is 2.62 bits per heavy atom. The molecular weight excluding hydrogens is 186 g/mol. The molecule has 13 heavy (non-hydrogen) atoms. The summed E-state index contributed by atoms with van der Waals surface area (Å²) in [6, 6.07) is 0. The molecule has 0 fully saturated rings. The van der Waals surface area contributed by atoms with Gasteiger partial charge in [0.15, 0.2) is 0 Å². The van der Waals surface area contributed by atoms with Crippen molar-refractivity contribution in [3.63, 3.8) is 0 Å². The summed E-state index contributed by atoms with van der Waals surface area (Å²) in [4.78, 5) is 0. The maximum atomic E-state index is 9.34. The molecule has 0 amide bonds. The Labute approximate surface area is 80.6 Å². The Morgan fingerprint density at radius 3 is 3.31 bits per heavy atom. The Hall–Kier alpha value is -0.780. The summed E-state index contributed by atoms with van der Waals surface area (Å²) < 4.78 is 8.04. The molecule has 5 heteroatoms. The summed E-state index contributed by atoms with van der Waals surface area (Å²) in [6.07, 6.45) is 4.11. The minimum absolute atomic E-state index is 0.352. The van der Waals surface area contributed by atoms with Crippen LogP contribution >= 0.6 is 11.7 Å². The van der Waals surface area contributed by atoms with Gasteiger partial charge in [0.2, 0.25) is 0 Å². The summed E-state index contributed by atoms with van der Waals surface area (Å²) >= 11 is 1.22. The Bertz CT molecular complexity index is 296. The minimum atomic E-state index is -0.352. The van der Waals surface area contributed by atoms with Crippen LogP contribution in [-0.2, 0) is 6.42 Å². The number of nitrogens with zero attached hydrogens (tertiary/aromatic N) is 2. The minimum Gasteiger partial charge on any atom is -0.388 e. The van der Waals surface area contributed by atoms with Crippen molar-refractivity contribution in [2.24, 2.45) is 0 Å². The van der Waals surface area contributed by atoms with Crippen LogP contribution in [0.25, 0.3) is 0 Å². The van der Waals surface area contributed by atoms with E-state index >= 15 is 0 Å². The third-order valence-corrected chi connectivity index (χ3v) is 2.46. The van der Waals surface area contributed by atoms with Crippen molar-refractivity contribution in [3.05, 3.63) is 23.5 Å². The first-order valence-corrected chi connectivity index (χ1v) is 4.92. The predicted octanol–water partition coefficient (Wildman–Crippen LogP) is -0.0289. The number of hydrogen-bond donors (Lipinski definition) is 2. The normalized spacial score (nSPS) is 22.8. The average molecular weight is 197 g/mol. The number of aliphatic hydroxyl groups is 1. The molecule has 1 aromatic rings. The molecule has 1 atom stereocenters. The van der Waals surface area contributed by atoms with E-state index in [1.807, 2.05) is 6.08 Å². The molecule has 1 unspecified atom stereocenters. The second-order valence-electron chi connectivity index (χ2n) is 3.10. The molecule has 1 aliphatic rings. The third-order valence-electron chi connectivity index (χ3n) is 1.95. The van der Waals surface area contributed by atoms with Gasteiger partial charge in [-0.05, 0) is 0 Å². The lowest BCUT2D eigenvalue weighted by Crippen LogP contribution is -2.32. The lowest BCUT2D eigenvalue weighted by molar-refractivity contribution is 0.212. The molecule has 70 valence electrons. The largest absolute Gasteiger partial charge is 0.388 e. The zero-order valence-corrected chi connectivity index (χ0v) is 7.92. The fourth-order valence-corrected chi connectivity index (χ4v) is 1.82. The summed E-state index contributed by atoms with van der Waals surface area (Å²) in [6.45, 7) is 1.49. The van der Waals surface area contributed by atoms with Gasteiger partial charge in [0.1, 0.15) is 0 Å². The fraction of sp³-hybridized carbons (Fsp3) is 0.500. The van der Waals surface area contributed by atoms with Crippen molar-refractivity contribution in [2.75, 3.05) is 13.1 Å². The van der Waals surface area contributed by atoms with E-state index in [1.54, 1.807) is 6.20 Å². The second kappa shape index (κ2) is 3.95. The van der Waals surface area contributed by atoms with Gasteiger partial charge in [-0.15, -0.1) is 0 Å². The van der Waals surface area contributed by atoms with E-state index in [-0.39, 0.29) is 6.10 Å². The van der Waals surface area contributed by atoms with Gasteiger partial charge in [0.25, 0.3) is 0 Å². The summed E-state index contributed by atoms with van der Waals surface area (Å²) in [5.74, 6) is 0. The van der Waals surface area contributed by atoms with Gasteiger partial charge in [-0.2, -0.15) is 8.75 Å². The van der Waals surface area contributed by atoms with Crippen LogP contribution in [0.4, 0.5) is 0 Å². The topological polar surface area (TPSA) is 58.0 Å². The van der Waals surface area contributed by atoms with Crippen molar-refractivity contribution < 1.29 is 5.11 Å². The van der Waals surface area contributed by atoms with Gasteiger partial charge < -0.3 is 10.4 Å². The van der Waals surface area contributed by atoms with Crippen LogP contribution in [0.1, 0.15) is 5.69 Å². The van der Waals surface area contributed by atoms with Gasteiger partial charge in [-0.1, -0.05) is 11.6 Å². The zero-order valence-electron chi connectivity index (χ0n) is 7.10. The highest BCUT2D eigenvalue weighted by Crippen LogP contribution is 2.08. The second-order valence-corrected chi connectivity index (χ2v) is 3.66. The first-order chi connectivity index (χ1) is 6.34. The van der Waals surface area contributed by atoms with Crippen molar-refractivity contribution >= 4 is 11.7 Å². The zero-order chi connectivity index (χ0) is 9.10. The van der Waals surface area contributed by atoms with Crippen LogP contribution in [0.5, 0.6) is 0 Å². The molecule has 0 bridgehead atoms. The molecule has 0 saturated heterocycles. The van der Waals surface area contributed by atoms with Gasteiger partial charge in [-0.25, -0.2) is 0 Å². The molecule has 4 nitrogen and oxygen atoms in total. The highest BCUT2D eigenvalue weighted by atomic mass is 32.1. The number of aromatic nitrogens is 2. The smallest absolute Gasteiger partial charge is 0.0848 e.